The zero-order valence-electron chi connectivity index (χ0n) is 11.4. The molecule has 0 bridgehead atoms. The van der Waals surface area contributed by atoms with Crippen molar-refractivity contribution in [2.24, 2.45) is 28.6 Å². The molecule has 0 heteroatoms. The van der Waals surface area contributed by atoms with Crippen LogP contribution in [0.1, 0.15) is 72.1 Å². The molecule has 0 aromatic heterocycles. The minimum absolute atomic E-state index is 0.568. The molecule has 0 radical (unpaired) electrons. The van der Waals surface area contributed by atoms with E-state index in [0.29, 0.717) is 5.41 Å². The van der Waals surface area contributed by atoms with Crippen LogP contribution in [-0.2, 0) is 0 Å². The normalized spacial score (nSPS) is 44.4. The van der Waals surface area contributed by atoms with Crippen molar-refractivity contribution in [3.8, 4) is 0 Å². The summed E-state index contributed by atoms with van der Waals surface area (Å²) in [6, 6.07) is 0. The van der Waals surface area contributed by atoms with Crippen molar-refractivity contribution in [1.29, 1.82) is 0 Å². The van der Waals surface area contributed by atoms with E-state index in [-0.39, 0.29) is 0 Å². The van der Waals surface area contributed by atoms with Crippen LogP contribution in [0.2, 0.25) is 0 Å². The Bertz CT molecular complexity index is 250. The van der Waals surface area contributed by atoms with Gasteiger partial charge >= 0.3 is 0 Å². The van der Waals surface area contributed by atoms with Crippen molar-refractivity contribution in [2.45, 2.75) is 72.1 Å². The van der Waals surface area contributed by atoms with Crippen molar-refractivity contribution >= 4 is 0 Å². The van der Waals surface area contributed by atoms with E-state index in [0.717, 1.165) is 23.2 Å². The molecular formula is C16H28. The molecule has 3 fully saturated rings. The summed E-state index contributed by atoms with van der Waals surface area (Å²) in [7, 11) is 0. The topological polar surface area (TPSA) is 0 Å². The lowest BCUT2D eigenvalue weighted by Crippen LogP contribution is -2.45. The predicted molar refractivity (Wildman–Crippen MR) is 69.3 cm³/mol. The lowest BCUT2D eigenvalue weighted by atomic mass is 9.49. The molecule has 3 rings (SSSR count). The fraction of sp³-hybridized carbons (Fsp3) is 1.00. The van der Waals surface area contributed by atoms with Crippen LogP contribution in [0, 0.1) is 28.6 Å². The van der Waals surface area contributed by atoms with Gasteiger partial charge in [0, 0.05) is 0 Å². The molecule has 0 amide bonds. The van der Waals surface area contributed by atoms with E-state index in [4.69, 9.17) is 0 Å². The molecule has 16 heavy (non-hydrogen) atoms. The fourth-order valence-electron chi connectivity index (χ4n) is 4.30. The molecule has 0 aliphatic heterocycles. The summed E-state index contributed by atoms with van der Waals surface area (Å²) in [6.45, 7) is 7.29. The van der Waals surface area contributed by atoms with Crippen molar-refractivity contribution in [1.82, 2.24) is 0 Å². The molecule has 0 nitrogen and oxygen atoms in total. The first-order valence-electron chi connectivity index (χ1n) is 7.49. The number of hydrogen-bond acceptors (Lipinski definition) is 0. The highest BCUT2D eigenvalue weighted by Gasteiger charge is 2.50. The second-order valence-electron chi connectivity index (χ2n) is 8.15. The van der Waals surface area contributed by atoms with Crippen LogP contribution in [0.15, 0.2) is 0 Å². The van der Waals surface area contributed by atoms with Crippen LogP contribution >= 0.6 is 0 Å². The molecule has 0 saturated heterocycles. The Hall–Kier alpha value is 0. The third kappa shape index (κ3) is 1.93. The molecule has 0 N–H and O–H groups in total. The van der Waals surface area contributed by atoms with Crippen molar-refractivity contribution in [3.05, 3.63) is 0 Å². The van der Waals surface area contributed by atoms with Gasteiger partial charge in [0.15, 0.2) is 0 Å². The fourth-order valence-corrected chi connectivity index (χ4v) is 4.30. The minimum Gasteiger partial charge on any atom is -0.0599 e. The van der Waals surface area contributed by atoms with Gasteiger partial charge in [0.25, 0.3) is 0 Å². The standard InChI is InChI=1S/C16H28/c1-15(2,3)14-10-16(11-14)8-6-13(7-9-16)12-4-5-12/h12-14H,4-11H2,1-3H3. The summed E-state index contributed by atoms with van der Waals surface area (Å²) in [5.41, 5.74) is 1.39. The van der Waals surface area contributed by atoms with Crippen LogP contribution in [0.5, 0.6) is 0 Å². The molecule has 0 aromatic rings. The van der Waals surface area contributed by atoms with Crippen LogP contribution in [0.25, 0.3) is 0 Å². The second-order valence-corrected chi connectivity index (χ2v) is 8.15. The predicted octanol–water partition coefficient (Wildman–Crippen LogP) is 5.03. The van der Waals surface area contributed by atoms with Crippen LogP contribution in [0.4, 0.5) is 0 Å². The molecule has 0 unspecified atom stereocenters. The van der Waals surface area contributed by atoms with Gasteiger partial charge in [0.1, 0.15) is 0 Å². The average Bonchev–Trinajstić information content (AvgIpc) is 2.96. The highest BCUT2D eigenvalue weighted by Crippen LogP contribution is 2.61. The Morgan fingerprint density at radius 3 is 1.75 bits per heavy atom. The average molecular weight is 220 g/mol. The van der Waals surface area contributed by atoms with E-state index in [1.54, 1.807) is 51.4 Å². The van der Waals surface area contributed by atoms with Gasteiger partial charge in [0.2, 0.25) is 0 Å². The first kappa shape index (κ1) is 11.1. The summed E-state index contributed by atoms with van der Waals surface area (Å²) >= 11 is 0. The molecule has 3 aliphatic carbocycles. The highest BCUT2D eigenvalue weighted by atomic mass is 14.6. The Labute approximate surface area is 101 Å². The van der Waals surface area contributed by atoms with Crippen molar-refractivity contribution in [3.63, 3.8) is 0 Å². The van der Waals surface area contributed by atoms with Gasteiger partial charge in [-0.05, 0) is 80.0 Å². The minimum atomic E-state index is 0.568. The molecule has 0 heterocycles. The smallest absolute Gasteiger partial charge is 0.0292 e. The maximum Gasteiger partial charge on any atom is -0.0292 e. The van der Waals surface area contributed by atoms with E-state index in [9.17, 15) is 0 Å². The molecular weight excluding hydrogens is 192 g/mol. The van der Waals surface area contributed by atoms with Gasteiger partial charge in [-0.25, -0.2) is 0 Å². The van der Waals surface area contributed by atoms with Crippen molar-refractivity contribution in [2.75, 3.05) is 0 Å². The summed E-state index contributed by atoms with van der Waals surface area (Å²) in [5.74, 6) is 3.32. The Balaban J connectivity index is 1.51. The summed E-state index contributed by atoms with van der Waals surface area (Å²) in [5, 5.41) is 0. The largest absolute Gasteiger partial charge is 0.0599 e. The zero-order chi connectivity index (χ0) is 11.4. The van der Waals surface area contributed by atoms with Gasteiger partial charge < -0.3 is 0 Å². The van der Waals surface area contributed by atoms with Crippen LogP contribution in [0.3, 0.4) is 0 Å². The summed E-state index contributed by atoms with van der Waals surface area (Å²) in [6.07, 6.45) is 12.5. The van der Waals surface area contributed by atoms with E-state index in [1.807, 2.05) is 0 Å². The first-order valence-corrected chi connectivity index (χ1v) is 7.49. The maximum atomic E-state index is 2.43. The molecule has 3 aliphatic rings. The van der Waals surface area contributed by atoms with E-state index in [1.165, 1.54) is 0 Å². The van der Waals surface area contributed by atoms with Crippen LogP contribution in [-0.4, -0.2) is 0 Å². The van der Waals surface area contributed by atoms with Gasteiger partial charge in [-0.2, -0.15) is 0 Å². The first-order chi connectivity index (χ1) is 7.49. The van der Waals surface area contributed by atoms with Gasteiger partial charge in [-0.15, -0.1) is 0 Å². The zero-order valence-corrected chi connectivity index (χ0v) is 11.4. The van der Waals surface area contributed by atoms with Crippen molar-refractivity contribution < 1.29 is 0 Å². The molecule has 0 atom stereocenters. The lowest BCUT2D eigenvalue weighted by Gasteiger charge is -2.56. The number of hydrogen-bond donors (Lipinski definition) is 0. The Morgan fingerprint density at radius 2 is 1.31 bits per heavy atom. The van der Waals surface area contributed by atoms with Gasteiger partial charge in [0.05, 0.1) is 0 Å². The van der Waals surface area contributed by atoms with E-state index < -0.39 is 0 Å². The number of rotatable bonds is 1. The monoisotopic (exact) mass is 220 g/mol. The Kier molecular flexibility index (Phi) is 2.43. The molecule has 92 valence electrons. The highest BCUT2D eigenvalue weighted by molar-refractivity contribution is 5.01. The summed E-state index contributed by atoms with van der Waals surface area (Å²) in [4.78, 5) is 0. The van der Waals surface area contributed by atoms with E-state index >= 15 is 0 Å². The summed E-state index contributed by atoms with van der Waals surface area (Å²) < 4.78 is 0. The Morgan fingerprint density at radius 1 is 0.812 bits per heavy atom. The third-order valence-corrected chi connectivity index (χ3v) is 5.96. The van der Waals surface area contributed by atoms with Gasteiger partial charge in [-0.3, -0.25) is 0 Å². The van der Waals surface area contributed by atoms with E-state index in [2.05, 4.69) is 20.8 Å². The SMILES string of the molecule is CC(C)(C)C1CC2(CCC(C3CC3)CC2)C1. The van der Waals surface area contributed by atoms with Crippen LogP contribution < -0.4 is 0 Å². The lowest BCUT2D eigenvalue weighted by molar-refractivity contribution is -0.0505. The second kappa shape index (κ2) is 3.50. The maximum absolute atomic E-state index is 2.43. The van der Waals surface area contributed by atoms with Gasteiger partial charge in [-0.1, -0.05) is 20.8 Å². The third-order valence-electron chi connectivity index (χ3n) is 5.96. The quantitative estimate of drug-likeness (QED) is 0.581. The molecule has 1 spiro atoms. The molecule has 0 aromatic carbocycles. The molecule has 3 saturated carbocycles.